The molecule has 2 aromatic carbocycles. The van der Waals surface area contributed by atoms with Crippen molar-refractivity contribution >= 4 is 35.7 Å². The van der Waals surface area contributed by atoms with Crippen molar-refractivity contribution in [3.63, 3.8) is 0 Å². The van der Waals surface area contributed by atoms with Crippen LogP contribution >= 0.6 is 0 Å². The second-order valence-electron chi connectivity index (χ2n) is 5.21. The van der Waals surface area contributed by atoms with Crippen molar-refractivity contribution < 1.29 is 4.42 Å². The molecule has 0 amide bonds. The third-order valence-corrected chi connectivity index (χ3v) is 3.40. The molecule has 0 N–H and O–H groups in total. The fourth-order valence-corrected chi connectivity index (χ4v) is 2.12. The van der Waals surface area contributed by atoms with Crippen LogP contribution in [0.3, 0.4) is 0 Å². The molecule has 0 aliphatic rings. The van der Waals surface area contributed by atoms with Gasteiger partial charge in [-0.15, -0.1) is 10.2 Å². The highest BCUT2D eigenvalue weighted by Gasteiger charge is 1.99. The van der Waals surface area contributed by atoms with Crippen molar-refractivity contribution in [3.8, 4) is 0 Å². The third-order valence-electron chi connectivity index (χ3n) is 3.40. The highest BCUT2D eigenvalue weighted by atomic mass is 16.4. The average molecular weight is 356 g/mol. The van der Waals surface area contributed by atoms with Crippen molar-refractivity contribution in [1.29, 1.82) is 0 Å². The molecule has 0 radical (unpaired) electrons. The van der Waals surface area contributed by atoms with Gasteiger partial charge >= 0.3 is 0 Å². The first-order valence-electron chi connectivity index (χ1n) is 7.77. The SMILES string of the molecule is [N-]=[N+]=Nc1ccc(/C=C/c2nnc(/C=C/c3ccc(N=[N+]=[N-])cc3)o2)cc1. The van der Waals surface area contributed by atoms with Crippen LogP contribution in [-0.2, 0) is 0 Å². The minimum Gasteiger partial charge on any atom is -0.417 e. The molecule has 0 aliphatic heterocycles. The topological polar surface area (TPSA) is 136 Å². The van der Waals surface area contributed by atoms with Crippen LogP contribution in [0.25, 0.3) is 45.2 Å². The normalized spacial score (nSPS) is 10.7. The Morgan fingerprint density at radius 1 is 0.667 bits per heavy atom. The molecule has 130 valence electrons. The van der Waals surface area contributed by atoms with E-state index in [2.05, 4.69) is 30.2 Å². The highest BCUT2D eigenvalue weighted by Crippen LogP contribution is 2.17. The average Bonchev–Trinajstić information content (AvgIpc) is 3.15. The summed E-state index contributed by atoms with van der Waals surface area (Å²) in [6.07, 6.45) is 7.02. The van der Waals surface area contributed by atoms with Gasteiger partial charge in [0.2, 0.25) is 11.8 Å². The molecule has 0 aliphatic carbocycles. The Morgan fingerprint density at radius 3 is 1.44 bits per heavy atom. The molecule has 0 unspecified atom stereocenters. The second kappa shape index (κ2) is 8.68. The Hall–Kier alpha value is -4.32. The zero-order valence-corrected chi connectivity index (χ0v) is 13.9. The minimum absolute atomic E-state index is 0.368. The van der Waals surface area contributed by atoms with Gasteiger partial charge in [-0.1, -0.05) is 58.8 Å². The molecular weight excluding hydrogens is 344 g/mol. The molecule has 9 nitrogen and oxygen atoms in total. The molecule has 0 bridgehead atoms. The van der Waals surface area contributed by atoms with E-state index in [1.165, 1.54) is 0 Å². The number of benzene rings is 2. The van der Waals surface area contributed by atoms with E-state index in [-0.39, 0.29) is 0 Å². The lowest BCUT2D eigenvalue weighted by Crippen LogP contribution is -1.73. The maximum atomic E-state index is 8.39. The molecule has 0 atom stereocenters. The first-order valence-corrected chi connectivity index (χ1v) is 7.77. The fourth-order valence-electron chi connectivity index (χ4n) is 2.12. The Bertz CT molecular complexity index is 981. The van der Waals surface area contributed by atoms with Crippen LogP contribution in [0, 0.1) is 0 Å². The molecule has 1 heterocycles. The third kappa shape index (κ3) is 5.07. The summed E-state index contributed by atoms with van der Waals surface area (Å²) in [6.45, 7) is 0. The van der Waals surface area contributed by atoms with Gasteiger partial charge in [0.15, 0.2) is 0 Å². The number of aromatic nitrogens is 2. The van der Waals surface area contributed by atoms with Gasteiger partial charge in [0.25, 0.3) is 0 Å². The van der Waals surface area contributed by atoms with Crippen LogP contribution in [0.1, 0.15) is 22.9 Å². The highest BCUT2D eigenvalue weighted by molar-refractivity contribution is 5.69. The van der Waals surface area contributed by atoms with E-state index in [9.17, 15) is 0 Å². The number of rotatable bonds is 6. The summed E-state index contributed by atoms with van der Waals surface area (Å²) >= 11 is 0. The molecule has 0 spiro atoms. The lowest BCUT2D eigenvalue weighted by Gasteiger charge is -1.93. The lowest BCUT2D eigenvalue weighted by atomic mass is 10.2. The van der Waals surface area contributed by atoms with E-state index in [1.54, 1.807) is 36.4 Å². The van der Waals surface area contributed by atoms with Gasteiger partial charge in [-0.05, 0) is 34.3 Å². The minimum atomic E-state index is 0.368. The Kier molecular flexibility index (Phi) is 5.63. The number of azide groups is 2. The van der Waals surface area contributed by atoms with Crippen molar-refractivity contribution in [1.82, 2.24) is 10.2 Å². The van der Waals surface area contributed by atoms with Gasteiger partial charge in [-0.2, -0.15) is 0 Å². The number of nitrogens with zero attached hydrogens (tertiary/aromatic N) is 8. The van der Waals surface area contributed by atoms with E-state index in [0.29, 0.717) is 23.2 Å². The fraction of sp³-hybridized carbons (Fsp3) is 0. The van der Waals surface area contributed by atoms with Crippen LogP contribution in [0.2, 0.25) is 0 Å². The largest absolute Gasteiger partial charge is 0.417 e. The molecule has 3 aromatic rings. The van der Waals surface area contributed by atoms with Crippen LogP contribution in [-0.4, -0.2) is 10.2 Å². The van der Waals surface area contributed by atoms with Gasteiger partial charge in [-0.3, -0.25) is 0 Å². The van der Waals surface area contributed by atoms with Gasteiger partial charge in [0.1, 0.15) is 0 Å². The predicted molar refractivity (Wildman–Crippen MR) is 103 cm³/mol. The summed E-state index contributed by atoms with van der Waals surface area (Å²) in [6, 6.07) is 14.1. The van der Waals surface area contributed by atoms with Crippen LogP contribution in [0.5, 0.6) is 0 Å². The van der Waals surface area contributed by atoms with Crippen molar-refractivity contribution in [3.05, 3.63) is 92.3 Å². The summed E-state index contributed by atoms with van der Waals surface area (Å²) in [7, 11) is 0. The quantitative estimate of drug-likeness (QED) is 0.291. The van der Waals surface area contributed by atoms with Gasteiger partial charge in [0.05, 0.1) is 0 Å². The molecule has 9 heteroatoms. The van der Waals surface area contributed by atoms with Gasteiger partial charge < -0.3 is 4.42 Å². The summed E-state index contributed by atoms with van der Waals surface area (Å²) in [4.78, 5) is 5.46. The molecule has 1 aromatic heterocycles. The predicted octanol–water partition coefficient (Wildman–Crippen LogP) is 6.29. The van der Waals surface area contributed by atoms with E-state index in [0.717, 1.165) is 11.1 Å². The summed E-state index contributed by atoms with van der Waals surface area (Å²) in [5.74, 6) is 0.736. The molecular formula is C18H12N8O. The van der Waals surface area contributed by atoms with Crippen molar-refractivity contribution in [2.45, 2.75) is 0 Å². The van der Waals surface area contributed by atoms with Crippen LogP contribution in [0.15, 0.2) is 63.2 Å². The van der Waals surface area contributed by atoms with Crippen molar-refractivity contribution in [2.75, 3.05) is 0 Å². The monoisotopic (exact) mass is 356 g/mol. The zero-order chi connectivity index (χ0) is 18.9. The first-order chi connectivity index (χ1) is 13.3. The number of hydrogen-bond acceptors (Lipinski definition) is 5. The molecule has 3 rings (SSSR count). The summed E-state index contributed by atoms with van der Waals surface area (Å²) < 4.78 is 5.52. The van der Waals surface area contributed by atoms with E-state index >= 15 is 0 Å². The smallest absolute Gasteiger partial charge is 0.240 e. The second-order valence-corrected chi connectivity index (χ2v) is 5.21. The van der Waals surface area contributed by atoms with E-state index in [4.69, 9.17) is 15.5 Å². The Balaban J connectivity index is 1.65. The Morgan fingerprint density at radius 2 is 1.07 bits per heavy atom. The zero-order valence-electron chi connectivity index (χ0n) is 13.9. The first kappa shape index (κ1) is 17.5. The molecule has 0 fully saturated rings. The maximum absolute atomic E-state index is 8.39. The van der Waals surface area contributed by atoms with Gasteiger partial charge in [0, 0.05) is 33.4 Å². The van der Waals surface area contributed by atoms with Crippen LogP contribution in [0.4, 0.5) is 11.4 Å². The standard InChI is InChI=1S/C18H12N8O/c19-25-21-15-7-1-13(2-8-15)5-11-17-23-24-18(27-17)12-6-14-3-9-16(10-4-14)22-26-20/h1-12H/b11-5+,12-6+. The lowest BCUT2D eigenvalue weighted by molar-refractivity contribution is 0.533. The summed E-state index contributed by atoms with van der Waals surface area (Å²) in [5, 5.41) is 14.9. The molecule has 27 heavy (non-hydrogen) atoms. The van der Waals surface area contributed by atoms with Gasteiger partial charge in [-0.25, -0.2) is 0 Å². The Labute approximate surface area is 153 Å². The number of hydrogen-bond donors (Lipinski definition) is 0. The van der Waals surface area contributed by atoms with Crippen molar-refractivity contribution in [2.24, 2.45) is 10.2 Å². The van der Waals surface area contributed by atoms with E-state index in [1.807, 2.05) is 36.4 Å². The summed E-state index contributed by atoms with van der Waals surface area (Å²) in [5.41, 5.74) is 19.7. The molecule has 0 saturated carbocycles. The van der Waals surface area contributed by atoms with Crippen LogP contribution < -0.4 is 0 Å². The van der Waals surface area contributed by atoms with E-state index < -0.39 is 0 Å². The molecule has 0 saturated heterocycles. The maximum Gasteiger partial charge on any atom is 0.240 e.